The van der Waals surface area contributed by atoms with Gasteiger partial charge in [-0.1, -0.05) is 159 Å². The van der Waals surface area contributed by atoms with Gasteiger partial charge in [-0.3, -0.25) is 8.97 Å². The molecule has 0 saturated heterocycles. The van der Waals surface area contributed by atoms with E-state index in [-0.39, 0.29) is 33.3 Å². The molecule has 12 rings (SSSR count). The number of hydrogen-bond donors (Lipinski definition) is 0. The summed E-state index contributed by atoms with van der Waals surface area (Å²) in [5.41, 5.74) is 4.71. The van der Waals surface area contributed by atoms with Crippen molar-refractivity contribution >= 4 is 83.4 Å². The smallest absolute Gasteiger partial charge is 0.220 e. The Balaban J connectivity index is 1.28. The van der Waals surface area contributed by atoms with Crippen LogP contribution in [0.4, 0.5) is 0 Å². The summed E-state index contributed by atoms with van der Waals surface area (Å²) in [6, 6.07) is 56.8. The molecule has 0 amide bonds. The molecule has 4 aromatic heterocycles. The van der Waals surface area contributed by atoms with Crippen LogP contribution >= 0.6 is 0 Å². The summed E-state index contributed by atoms with van der Waals surface area (Å²) < 4.78 is 109. The van der Waals surface area contributed by atoms with E-state index in [1.54, 1.807) is 36.4 Å². The third kappa shape index (κ3) is 5.37. The molecule has 2 atom stereocenters. The molecule has 1 aliphatic heterocycles. The Morgan fingerprint density at radius 3 is 1.83 bits per heavy atom. The lowest BCUT2D eigenvalue weighted by Crippen LogP contribution is -2.77. The number of imidazole rings is 2. The highest BCUT2D eigenvalue weighted by Gasteiger charge is 2.66. The van der Waals surface area contributed by atoms with Crippen LogP contribution in [0.15, 0.2) is 210 Å². The zero-order valence-electron chi connectivity index (χ0n) is 44.0. The van der Waals surface area contributed by atoms with Crippen LogP contribution < -0.4 is 36.1 Å². The molecule has 0 spiro atoms. The maximum atomic E-state index is 9.85. The minimum absolute atomic E-state index is 0.0429. The second-order valence-corrected chi connectivity index (χ2v) is 27.3. The SMILES string of the molecule is [2H]C([2H])([2H])[Si](C)(c1cocn1)C1([Si](c2cocn2)(C([2H])([2H])[2H])C([2H])([2H])[2H])c2ccccc2Oc2c1cccc2[Si](c1ccccc1)(c1ccccc1)c1cccc(-n2c3ccccc3n3c4ccccc4nc23)c1. The van der Waals surface area contributed by atoms with Gasteiger partial charge in [-0.05, 0) is 63.2 Å². The highest BCUT2D eigenvalue weighted by atomic mass is 28.4. The van der Waals surface area contributed by atoms with Gasteiger partial charge < -0.3 is 13.6 Å². The van der Waals surface area contributed by atoms with Gasteiger partial charge in [0.2, 0.25) is 5.78 Å². The molecular formula is C54H45N5O3Si3. The lowest BCUT2D eigenvalue weighted by Gasteiger charge is -2.56. The van der Waals surface area contributed by atoms with Gasteiger partial charge in [0.15, 0.2) is 20.9 Å². The topological polar surface area (TPSA) is 83.5 Å². The number of nitrogens with zero attached hydrogens (tertiary/aromatic N) is 5. The Bertz CT molecular complexity index is 3850. The maximum Gasteiger partial charge on any atom is 0.220 e. The molecule has 0 fully saturated rings. The average molecular weight is 905 g/mol. The normalized spacial score (nSPS) is 18.6. The fourth-order valence-electron chi connectivity index (χ4n) is 10.7. The Hall–Kier alpha value is -7.32. The number of benzene rings is 7. The Kier molecular flexibility index (Phi) is 6.90. The van der Waals surface area contributed by atoms with Crippen molar-refractivity contribution in [1.29, 1.82) is 0 Å². The standard InChI is InChI=1S/C54H45N5O3Si3/c1-63(2,50-34-60-36-55-50)54(64(3,4)51-35-61-37-56-51)42-25-11-16-31-48(42)62-52-43(54)26-18-32-49(52)65(39-20-7-5-8-21-39,40-22-9-6-10-23-40)41-24-17-19-38(33-41)58-46-29-14-15-30-47(46)59-45-28-13-12-27-44(45)57-53(58)59/h5-37H,1-4H3/i1D3,2D3,3D3. The highest BCUT2D eigenvalue weighted by Crippen LogP contribution is 2.56. The van der Waals surface area contributed by atoms with Gasteiger partial charge >= 0.3 is 0 Å². The van der Waals surface area contributed by atoms with Crippen molar-refractivity contribution in [3.05, 3.63) is 212 Å². The van der Waals surface area contributed by atoms with Crippen LogP contribution in [0.1, 0.15) is 23.5 Å². The lowest BCUT2D eigenvalue weighted by atomic mass is 9.98. The number of rotatable bonds is 9. The fraction of sp³-hybridized carbons (Fsp3) is 0.0926. The van der Waals surface area contributed by atoms with Crippen LogP contribution in [0.25, 0.3) is 33.5 Å². The van der Waals surface area contributed by atoms with E-state index in [2.05, 4.69) is 79.6 Å². The van der Waals surface area contributed by atoms with E-state index < -0.39 is 48.3 Å². The third-order valence-electron chi connectivity index (χ3n) is 13.5. The number of ether oxygens (including phenoxy) is 1. The predicted octanol–water partition coefficient (Wildman–Crippen LogP) is 8.49. The van der Waals surface area contributed by atoms with Crippen LogP contribution in [0, 0.1) is 0 Å². The van der Waals surface area contributed by atoms with E-state index in [9.17, 15) is 12.3 Å². The molecule has 8 nitrogen and oxygen atoms in total. The number of aromatic nitrogens is 5. The summed E-state index contributed by atoms with van der Waals surface area (Å²) in [4.78, 5) is 14.3. The fourth-order valence-corrected chi connectivity index (χ4v) is 24.0. The van der Waals surface area contributed by atoms with Gasteiger partial charge in [0.1, 0.15) is 40.2 Å². The zero-order chi connectivity index (χ0) is 51.5. The first-order valence-corrected chi connectivity index (χ1v) is 27.8. The minimum Gasteiger partial charge on any atom is -0.457 e. The summed E-state index contributed by atoms with van der Waals surface area (Å²) >= 11 is 0. The molecule has 5 heterocycles. The molecule has 65 heavy (non-hydrogen) atoms. The Labute approximate surface area is 392 Å². The molecule has 2 unspecified atom stereocenters. The molecule has 11 heteroatoms. The first-order chi connectivity index (χ1) is 35.5. The minimum atomic E-state index is -5.77. The van der Waals surface area contributed by atoms with Crippen molar-refractivity contribution < 1.29 is 25.9 Å². The van der Waals surface area contributed by atoms with Crippen LogP contribution in [-0.4, -0.2) is 48.1 Å². The quantitative estimate of drug-likeness (QED) is 0.107. The number of para-hydroxylation sites is 6. The molecule has 7 aromatic carbocycles. The molecular weight excluding hydrogens is 851 g/mol. The monoisotopic (exact) mass is 904 g/mol. The van der Waals surface area contributed by atoms with Gasteiger partial charge in [0.25, 0.3) is 0 Å². The third-order valence-corrected chi connectivity index (χ3v) is 26.8. The van der Waals surface area contributed by atoms with Gasteiger partial charge in [-0.2, -0.15) is 0 Å². The lowest BCUT2D eigenvalue weighted by molar-refractivity contribution is 0.453. The van der Waals surface area contributed by atoms with E-state index >= 15 is 0 Å². The van der Waals surface area contributed by atoms with Crippen LogP contribution in [0.5, 0.6) is 11.5 Å². The predicted molar refractivity (Wildman–Crippen MR) is 268 cm³/mol. The molecule has 0 N–H and O–H groups in total. The van der Waals surface area contributed by atoms with E-state index in [4.69, 9.17) is 18.6 Å². The second kappa shape index (κ2) is 14.6. The van der Waals surface area contributed by atoms with Crippen LogP contribution in [0.2, 0.25) is 26.0 Å². The first-order valence-electron chi connectivity index (χ1n) is 25.8. The van der Waals surface area contributed by atoms with Crippen LogP contribution in [-0.2, 0) is 4.66 Å². The molecule has 0 bridgehead atoms. The van der Waals surface area contributed by atoms with Gasteiger partial charge in [0.05, 0.1) is 32.7 Å². The van der Waals surface area contributed by atoms with Crippen LogP contribution in [0.3, 0.4) is 0 Å². The molecule has 0 radical (unpaired) electrons. The van der Waals surface area contributed by atoms with Crippen molar-refractivity contribution in [2.24, 2.45) is 0 Å². The Morgan fingerprint density at radius 1 is 0.554 bits per heavy atom. The van der Waals surface area contributed by atoms with E-state index in [1.165, 1.54) is 12.8 Å². The highest BCUT2D eigenvalue weighted by molar-refractivity contribution is 7.20. The average Bonchev–Trinajstić information content (AvgIpc) is 4.23. The number of fused-ring (bicyclic) bond motifs is 7. The number of hydrogen-bond acceptors (Lipinski definition) is 6. The molecule has 0 saturated carbocycles. The van der Waals surface area contributed by atoms with Crippen molar-refractivity contribution in [3.63, 3.8) is 0 Å². The zero-order valence-corrected chi connectivity index (χ0v) is 38.0. The van der Waals surface area contributed by atoms with Gasteiger partial charge in [-0.15, -0.1) is 0 Å². The van der Waals surface area contributed by atoms with Crippen molar-refractivity contribution in [2.45, 2.75) is 30.6 Å². The van der Waals surface area contributed by atoms with Crippen molar-refractivity contribution in [3.8, 4) is 17.2 Å². The number of oxazole rings is 2. The molecule has 316 valence electrons. The molecule has 11 aromatic rings. The molecule has 0 aliphatic carbocycles. The van der Waals surface area contributed by atoms with Crippen molar-refractivity contribution in [1.82, 2.24) is 23.9 Å². The second-order valence-electron chi connectivity index (χ2n) is 16.7. The van der Waals surface area contributed by atoms with Gasteiger partial charge in [-0.25, -0.2) is 15.0 Å². The first kappa shape index (κ1) is 30.7. The largest absolute Gasteiger partial charge is 0.457 e. The Morgan fingerprint density at radius 2 is 1.14 bits per heavy atom. The summed E-state index contributed by atoms with van der Waals surface area (Å²) in [6.45, 7) is -8.34. The summed E-state index contributed by atoms with van der Waals surface area (Å²) in [5.74, 6) is 0.978. The van der Waals surface area contributed by atoms with Crippen molar-refractivity contribution in [2.75, 3.05) is 0 Å². The van der Waals surface area contributed by atoms with Gasteiger partial charge in [0, 0.05) is 33.8 Å². The summed E-state index contributed by atoms with van der Waals surface area (Å²) in [5, 5.41) is 2.96. The maximum absolute atomic E-state index is 9.85. The summed E-state index contributed by atoms with van der Waals surface area (Å²) in [7, 11) is -14.6. The van der Waals surface area contributed by atoms with E-state index in [0.29, 0.717) is 11.0 Å². The van der Waals surface area contributed by atoms with E-state index in [0.717, 1.165) is 62.4 Å². The molecule has 1 aliphatic rings. The van der Waals surface area contributed by atoms with E-state index in [1.807, 2.05) is 78.9 Å². The summed E-state index contributed by atoms with van der Waals surface area (Å²) in [6.07, 6.45) is 4.43.